The van der Waals surface area contributed by atoms with Crippen molar-refractivity contribution in [3.8, 4) is 0 Å². The van der Waals surface area contributed by atoms with Gasteiger partial charge in [-0.2, -0.15) is 5.10 Å². The molecular formula is C13H23N5. The smallest absolute Gasteiger partial charge is 0.162 e. The van der Waals surface area contributed by atoms with Crippen LogP contribution in [-0.2, 0) is 0 Å². The fourth-order valence-corrected chi connectivity index (χ4v) is 1.89. The molecule has 0 unspecified atom stereocenters. The third-order valence-electron chi connectivity index (χ3n) is 3.16. The Morgan fingerprint density at radius 1 is 1.28 bits per heavy atom. The van der Waals surface area contributed by atoms with Gasteiger partial charge in [-0.05, 0) is 25.8 Å². The van der Waals surface area contributed by atoms with E-state index in [2.05, 4.69) is 17.1 Å². The molecule has 0 aliphatic heterocycles. The topological polar surface area (TPSA) is 78.9 Å². The van der Waals surface area contributed by atoms with Crippen LogP contribution in [0.4, 0.5) is 5.82 Å². The average molecular weight is 249 g/mol. The SMILES string of the molecule is CCCCCN(C)c1nnc(C)c(C)c1C(=N)N. The number of aromatic nitrogens is 2. The average Bonchev–Trinajstić information content (AvgIpc) is 2.32. The van der Waals surface area contributed by atoms with E-state index in [-0.39, 0.29) is 5.84 Å². The number of nitrogens with one attached hydrogen (secondary N) is 1. The maximum atomic E-state index is 7.70. The van der Waals surface area contributed by atoms with Gasteiger partial charge in [-0.15, -0.1) is 5.10 Å². The van der Waals surface area contributed by atoms with Crippen LogP contribution in [0.3, 0.4) is 0 Å². The number of hydrogen-bond acceptors (Lipinski definition) is 4. The van der Waals surface area contributed by atoms with Crippen molar-refractivity contribution in [1.29, 1.82) is 5.41 Å². The van der Waals surface area contributed by atoms with Gasteiger partial charge in [-0.25, -0.2) is 0 Å². The number of rotatable bonds is 6. The standard InChI is InChI=1S/C13H23N5/c1-5-6-7-8-18(4)13-11(12(14)15)9(2)10(3)16-17-13/h5-8H2,1-4H3,(H3,14,15). The molecule has 0 saturated carbocycles. The number of unbranched alkanes of at least 4 members (excludes halogenated alkanes) is 2. The highest BCUT2D eigenvalue weighted by Gasteiger charge is 2.16. The second kappa shape index (κ2) is 6.33. The third kappa shape index (κ3) is 3.18. The summed E-state index contributed by atoms with van der Waals surface area (Å²) in [5, 5.41) is 16.0. The Balaban J connectivity index is 3.01. The fourth-order valence-electron chi connectivity index (χ4n) is 1.89. The molecule has 0 saturated heterocycles. The Labute approximate surface area is 109 Å². The van der Waals surface area contributed by atoms with Gasteiger partial charge in [0, 0.05) is 13.6 Å². The molecule has 18 heavy (non-hydrogen) atoms. The van der Waals surface area contributed by atoms with Crippen molar-refractivity contribution in [3.63, 3.8) is 0 Å². The van der Waals surface area contributed by atoms with Gasteiger partial charge in [0.15, 0.2) is 5.82 Å². The Morgan fingerprint density at radius 2 is 1.94 bits per heavy atom. The van der Waals surface area contributed by atoms with Crippen LogP contribution >= 0.6 is 0 Å². The summed E-state index contributed by atoms with van der Waals surface area (Å²) in [7, 11) is 1.97. The number of hydrogen-bond donors (Lipinski definition) is 2. The molecule has 0 fully saturated rings. The maximum Gasteiger partial charge on any atom is 0.162 e. The van der Waals surface area contributed by atoms with Crippen LogP contribution in [0.25, 0.3) is 0 Å². The van der Waals surface area contributed by atoms with Gasteiger partial charge in [0.1, 0.15) is 5.84 Å². The van der Waals surface area contributed by atoms with Crippen molar-refractivity contribution in [2.75, 3.05) is 18.5 Å². The summed E-state index contributed by atoms with van der Waals surface area (Å²) in [5.41, 5.74) is 8.14. The van der Waals surface area contributed by atoms with Gasteiger partial charge < -0.3 is 10.6 Å². The molecule has 0 radical (unpaired) electrons. The van der Waals surface area contributed by atoms with Crippen molar-refractivity contribution < 1.29 is 0 Å². The minimum atomic E-state index is 0.0582. The Hall–Kier alpha value is -1.65. The van der Waals surface area contributed by atoms with E-state index >= 15 is 0 Å². The van der Waals surface area contributed by atoms with E-state index in [4.69, 9.17) is 11.1 Å². The lowest BCUT2D eigenvalue weighted by Crippen LogP contribution is -2.26. The highest BCUT2D eigenvalue weighted by Crippen LogP contribution is 2.21. The lowest BCUT2D eigenvalue weighted by Gasteiger charge is -2.21. The fraction of sp³-hybridized carbons (Fsp3) is 0.615. The molecule has 1 aromatic rings. The van der Waals surface area contributed by atoms with Gasteiger partial charge in [-0.3, -0.25) is 5.41 Å². The molecule has 0 aliphatic carbocycles. The molecule has 0 bridgehead atoms. The van der Waals surface area contributed by atoms with Crippen LogP contribution in [-0.4, -0.2) is 29.6 Å². The molecule has 0 spiro atoms. The lowest BCUT2D eigenvalue weighted by molar-refractivity contribution is 0.697. The van der Waals surface area contributed by atoms with Crippen LogP contribution in [0.5, 0.6) is 0 Å². The summed E-state index contributed by atoms with van der Waals surface area (Å²) in [4.78, 5) is 2.03. The summed E-state index contributed by atoms with van der Waals surface area (Å²) in [6.45, 7) is 6.90. The number of nitrogens with zero attached hydrogens (tertiary/aromatic N) is 3. The van der Waals surface area contributed by atoms with E-state index in [1.165, 1.54) is 12.8 Å². The van der Waals surface area contributed by atoms with Crippen molar-refractivity contribution in [2.24, 2.45) is 5.73 Å². The number of anilines is 1. The van der Waals surface area contributed by atoms with Crippen molar-refractivity contribution in [3.05, 3.63) is 16.8 Å². The van der Waals surface area contributed by atoms with E-state index in [1.54, 1.807) is 0 Å². The second-order valence-corrected chi connectivity index (χ2v) is 4.65. The summed E-state index contributed by atoms with van der Waals surface area (Å²) >= 11 is 0. The highest BCUT2D eigenvalue weighted by molar-refractivity contribution is 6.01. The predicted molar refractivity (Wildman–Crippen MR) is 75.3 cm³/mol. The molecule has 0 atom stereocenters. The van der Waals surface area contributed by atoms with E-state index in [0.717, 1.165) is 24.2 Å². The van der Waals surface area contributed by atoms with Crippen LogP contribution in [0.1, 0.15) is 43.0 Å². The summed E-state index contributed by atoms with van der Waals surface area (Å²) in [5.74, 6) is 0.768. The zero-order chi connectivity index (χ0) is 13.7. The van der Waals surface area contributed by atoms with E-state index in [9.17, 15) is 0 Å². The van der Waals surface area contributed by atoms with Gasteiger partial charge in [0.2, 0.25) is 0 Å². The molecule has 3 N–H and O–H groups in total. The highest BCUT2D eigenvalue weighted by atomic mass is 15.2. The van der Waals surface area contributed by atoms with Crippen LogP contribution in [0.15, 0.2) is 0 Å². The van der Waals surface area contributed by atoms with E-state index < -0.39 is 0 Å². The molecule has 0 amide bonds. The minimum absolute atomic E-state index is 0.0582. The van der Waals surface area contributed by atoms with Crippen molar-refractivity contribution in [1.82, 2.24) is 10.2 Å². The van der Waals surface area contributed by atoms with Crippen molar-refractivity contribution >= 4 is 11.7 Å². The van der Waals surface area contributed by atoms with Gasteiger partial charge >= 0.3 is 0 Å². The molecule has 0 aromatic carbocycles. The molecule has 0 aliphatic rings. The molecule has 1 aromatic heterocycles. The van der Waals surface area contributed by atoms with Crippen LogP contribution in [0.2, 0.25) is 0 Å². The van der Waals surface area contributed by atoms with Crippen molar-refractivity contribution in [2.45, 2.75) is 40.0 Å². The van der Waals surface area contributed by atoms with E-state index in [1.807, 2.05) is 25.8 Å². The predicted octanol–water partition coefficient (Wildman–Crippen LogP) is 2.00. The first-order valence-corrected chi connectivity index (χ1v) is 6.38. The zero-order valence-corrected chi connectivity index (χ0v) is 11.7. The number of aryl methyl sites for hydroxylation is 1. The lowest BCUT2D eigenvalue weighted by atomic mass is 10.1. The van der Waals surface area contributed by atoms with Crippen LogP contribution in [0, 0.1) is 19.3 Å². The zero-order valence-electron chi connectivity index (χ0n) is 11.7. The molecule has 5 heteroatoms. The minimum Gasteiger partial charge on any atom is -0.384 e. The molecular weight excluding hydrogens is 226 g/mol. The number of amidine groups is 1. The Morgan fingerprint density at radius 3 is 2.50 bits per heavy atom. The largest absolute Gasteiger partial charge is 0.384 e. The monoisotopic (exact) mass is 249 g/mol. The first kappa shape index (κ1) is 14.4. The Kier molecular flexibility index (Phi) is 5.07. The quantitative estimate of drug-likeness (QED) is 0.459. The molecule has 100 valence electrons. The number of nitrogens with two attached hydrogens (primary N) is 1. The first-order chi connectivity index (χ1) is 8.49. The first-order valence-electron chi connectivity index (χ1n) is 6.38. The Bertz CT molecular complexity index is 428. The van der Waals surface area contributed by atoms with Crippen LogP contribution < -0.4 is 10.6 Å². The van der Waals surface area contributed by atoms with Gasteiger partial charge in [0.05, 0.1) is 11.3 Å². The maximum absolute atomic E-state index is 7.70. The molecule has 1 rings (SSSR count). The molecule has 1 heterocycles. The normalized spacial score (nSPS) is 10.4. The van der Waals surface area contributed by atoms with Gasteiger partial charge in [0.25, 0.3) is 0 Å². The van der Waals surface area contributed by atoms with Gasteiger partial charge in [-0.1, -0.05) is 19.8 Å². The summed E-state index contributed by atoms with van der Waals surface area (Å²) in [6, 6.07) is 0. The third-order valence-corrected chi connectivity index (χ3v) is 3.16. The number of nitrogen functional groups attached to an aromatic ring is 1. The summed E-state index contributed by atoms with van der Waals surface area (Å²) in [6.07, 6.45) is 3.49. The van der Waals surface area contributed by atoms with E-state index in [0.29, 0.717) is 11.4 Å². The molecule has 5 nitrogen and oxygen atoms in total. The second-order valence-electron chi connectivity index (χ2n) is 4.65. The summed E-state index contributed by atoms with van der Waals surface area (Å²) < 4.78 is 0.